The summed E-state index contributed by atoms with van der Waals surface area (Å²) in [6, 6.07) is 9.81. The zero-order valence-corrected chi connectivity index (χ0v) is 15.8. The molecule has 1 atom stereocenters. The van der Waals surface area contributed by atoms with Gasteiger partial charge in [0.2, 0.25) is 5.91 Å². The number of fused-ring (bicyclic) bond motifs is 2. The van der Waals surface area contributed by atoms with Crippen LogP contribution in [0.1, 0.15) is 30.5 Å². The molecule has 0 radical (unpaired) electrons. The molecule has 0 saturated carbocycles. The number of rotatable bonds is 5. The Hall–Kier alpha value is -2.95. The Kier molecular flexibility index (Phi) is 4.52. The van der Waals surface area contributed by atoms with E-state index in [1.54, 1.807) is 6.26 Å². The molecule has 5 heteroatoms. The number of ether oxygens (including phenoxy) is 2. The molecule has 140 valence electrons. The van der Waals surface area contributed by atoms with Gasteiger partial charge in [-0.15, -0.1) is 0 Å². The van der Waals surface area contributed by atoms with Crippen molar-refractivity contribution >= 4 is 22.6 Å². The normalized spacial score (nSPS) is 15.4. The molecule has 2 aromatic carbocycles. The number of amides is 1. The molecule has 1 unspecified atom stereocenters. The summed E-state index contributed by atoms with van der Waals surface area (Å²) in [5, 5.41) is 3.93. The van der Waals surface area contributed by atoms with Crippen molar-refractivity contribution in [2.45, 2.75) is 39.7 Å². The molecular formula is C22H23NO4. The molecule has 0 bridgehead atoms. The Morgan fingerprint density at radius 2 is 2.15 bits per heavy atom. The van der Waals surface area contributed by atoms with Gasteiger partial charge < -0.3 is 19.2 Å². The van der Waals surface area contributed by atoms with Crippen molar-refractivity contribution in [2.75, 3.05) is 11.9 Å². The summed E-state index contributed by atoms with van der Waals surface area (Å²) in [5.74, 6) is 1.37. The number of hydrogen-bond donors (Lipinski definition) is 1. The van der Waals surface area contributed by atoms with Gasteiger partial charge in [-0.05, 0) is 38.5 Å². The van der Waals surface area contributed by atoms with Gasteiger partial charge in [-0.3, -0.25) is 4.79 Å². The highest BCUT2D eigenvalue weighted by atomic mass is 16.5. The number of anilines is 1. The number of hydrogen-bond acceptors (Lipinski definition) is 4. The van der Waals surface area contributed by atoms with E-state index in [1.807, 2.05) is 51.1 Å². The van der Waals surface area contributed by atoms with Crippen molar-refractivity contribution in [3.8, 4) is 11.5 Å². The maximum atomic E-state index is 12.7. The predicted molar refractivity (Wildman–Crippen MR) is 105 cm³/mol. The fraction of sp³-hybridized carbons (Fsp3) is 0.318. The molecule has 0 saturated heterocycles. The minimum absolute atomic E-state index is 0.120. The van der Waals surface area contributed by atoms with Gasteiger partial charge in [0.1, 0.15) is 23.2 Å². The van der Waals surface area contributed by atoms with Crippen LogP contribution < -0.4 is 14.8 Å². The van der Waals surface area contributed by atoms with E-state index in [4.69, 9.17) is 13.9 Å². The van der Waals surface area contributed by atoms with Crippen LogP contribution in [-0.2, 0) is 17.6 Å². The molecule has 1 aliphatic rings. The molecule has 0 spiro atoms. The largest absolute Gasteiger partial charge is 0.492 e. The first-order chi connectivity index (χ1) is 13.0. The van der Waals surface area contributed by atoms with Gasteiger partial charge in [-0.1, -0.05) is 12.1 Å². The molecule has 5 nitrogen and oxygen atoms in total. The molecule has 1 N–H and O–H groups in total. The third-order valence-electron chi connectivity index (χ3n) is 4.73. The quantitative estimate of drug-likeness (QED) is 0.715. The van der Waals surface area contributed by atoms with Gasteiger partial charge >= 0.3 is 0 Å². The van der Waals surface area contributed by atoms with Crippen molar-refractivity contribution in [3.05, 3.63) is 53.3 Å². The molecule has 27 heavy (non-hydrogen) atoms. The standard InChI is InChI=1S/C22H23NO4/c1-4-25-21-9-15-8-14(3)27-19(15)11-18(21)23-22(24)10-16-12-26-20-7-13(2)5-6-17(16)20/h5-7,9,11-12,14H,4,8,10H2,1-3H3,(H,23,24). The first-order valence-corrected chi connectivity index (χ1v) is 9.26. The summed E-state index contributed by atoms with van der Waals surface area (Å²) in [4.78, 5) is 12.7. The number of carbonyl (C=O) groups is 1. The van der Waals surface area contributed by atoms with E-state index < -0.39 is 0 Å². The van der Waals surface area contributed by atoms with Gasteiger partial charge in [0.25, 0.3) is 0 Å². The molecule has 3 aromatic rings. The average Bonchev–Trinajstić information content (AvgIpc) is 3.17. The first-order valence-electron chi connectivity index (χ1n) is 9.26. The highest BCUT2D eigenvalue weighted by molar-refractivity contribution is 5.96. The van der Waals surface area contributed by atoms with Crippen LogP contribution in [0, 0.1) is 6.92 Å². The van der Waals surface area contributed by atoms with Crippen LogP contribution in [0.4, 0.5) is 5.69 Å². The van der Waals surface area contributed by atoms with Gasteiger partial charge in [0.05, 0.1) is 25.0 Å². The van der Waals surface area contributed by atoms with Crippen molar-refractivity contribution in [1.29, 1.82) is 0 Å². The zero-order chi connectivity index (χ0) is 19.0. The molecule has 2 heterocycles. The highest BCUT2D eigenvalue weighted by Crippen LogP contribution is 2.38. The fourth-order valence-electron chi connectivity index (χ4n) is 3.51. The minimum Gasteiger partial charge on any atom is -0.492 e. The molecular weight excluding hydrogens is 342 g/mol. The van der Waals surface area contributed by atoms with Crippen LogP contribution >= 0.6 is 0 Å². The predicted octanol–water partition coefficient (Wildman–Crippen LogP) is 4.64. The number of furan rings is 1. The minimum atomic E-state index is -0.120. The van der Waals surface area contributed by atoms with Gasteiger partial charge in [-0.2, -0.15) is 0 Å². The Morgan fingerprint density at radius 3 is 2.96 bits per heavy atom. The average molecular weight is 365 g/mol. The number of nitrogens with one attached hydrogen (secondary N) is 1. The Balaban J connectivity index is 1.56. The smallest absolute Gasteiger partial charge is 0.229 e. The van der Waals surface area contributed by atoms with Gasteiger partial charge in [0, 0.05) is 29.0 Å². The Morgan fingerprint density at radius 1 is 1.30 bits per heavy atom. The van der Waals surface area contributed by atoms with Crippen LogP contribution in [0.5, 0.6) is 11.5 Å². The number of benzene rings is 2. The van der Waals surface area contributed by atoms with Crippen LogP contribution in [0.2, 0.25) is 0 Å². The van der Waals surface area contributed by atoms with E-state index in [0.29, 0.717) is 18.0 Å². The third-order valence-corrected chi connectivity index (χ3v) is 4.73. The number of aryl methyl sites for hydroxylation is 1. The van der Waals surface area contributed by atoms with Gasteiger partial charge in [0.15, 0.2) is 0 Å². The van der Waals surface area contributed by atoms with Crippen LogP contribution in [0.15, 0.2) is 41.0 Å². The summed E-state index contributed by atoms with van der Waals surface area (Å²) in [6.45, 7) is 6.51. The van der Waals surface area contributed by atoms with Crippen LogP contribution in [-0.4, -0.2) is 18.6 Å². The van der Waals surface area contributed by atoms with E-state index in [9.17, 15) is 4.79 Å². The first kappa shape index (κ1) is 17.5. The van der Waals surface area contributed by atoms with E-state index >= 15 is 0 Å². The van der Waals surface area contributed by atoms with Crippen molar-refractivity contribution in [1.82, 2.24) is 0 Å². The monoisotopic (exact) mass is 365 g/mol. The maximum absolute atomic E-state index is 12.7. The van der Waals surface area contributed by atoms with E-state index in [1.165, 1.54) is 0 Å². The fourth-order valence-corrected chi connectivity index (χ4v) is 3.51. The summed E-state index contributed by atoms with van der Waals surface area (Å²) in [7, 11) is 0. The zero-order valence-electron chi connectivity index (χ0n) is 15.8. The summed E-state index contributed by atoms with van der Waals surface area (Å²) in [6.07, 6.45) is 2.88. The molecule has 1 aromatic heterocycles. The van der Waals surface area contributed by atoms with Crippen molar-refractivity contribution in [2.24, 2.45) is 0 Å². The lowest BCUT2D eigenvalue weighted by Crippen LogP contribution is -2.15. The van der Waals surface area contributed by atoms with Crippen molar-refractivity contribution in [3.63, 3.8) is 0 Å². The molecule has 1 aliphatic heterocycles. The topological polar surface area (TPSA) is 60.7 Å². The van der Waals surface area contributed by atoms with E-state index in [-0.39, 0.29) is 18.4 Å². The lowest BCUT2D eigenvalue weighted by Gasteiger charge is -2.13. The summed E-state index contributed by atoms with van der Waals surface area (Å²) in [5.41, 5.74) is 4.54. The summed E-state index contributed by atoms with van der Waals surface area (Å²) < 4.78 is 17.1. The highest BCUT2D eigenvalue weighted by Gasteiger charge is 2.23. The Labute approximate surface area is 158 Å². The molecule has 0 fully saturated rings. The lowest BCUT2D eigenvalue weighted by molar-refractivity contribution is -0.115. The maximum Gasteiger partial charge on any atom is 0.229 e. The molecule has 4 rings (SSSR count). The second kappa shape index (κ2) is 6.99. The Bertz CT molecular complexity index is 1000. The second-order valence-electron chi connectivity index (χ2n) is 7.01. The number of carbonyl (C=O) groups excluding carboxylic acids is 1. The van der Waals surface area contributed by atoms with Crippen LogP contribution in [0.25, 0.3) is 11.0 Å². The lowest BCUT2D eigenvalue weighted by atomic mass is 10.1. The van der Waals surface area contributed by atoms with E-state index in [2.05, 4.69) is 5.32 Å². The third kappa shape index (κ3) is 3.50. The van der Waals surface area contributed by atoms with E-state index in [0.717, 1.165) is 39.8 Å². The molecule has 1 amide bonds. The molecule has 0 aliphatic carbocycles. The van der Waals surface area contributed by atoms with Crippen LogP contribution in [0.3, 0.4) is 0 Å². The summed E-state index contributed by atoms with van der Waals surface area (Å²) >= 11 is 0. The second-order valence-corrected chi connectivity index (χ2v) is 7.01. The van der Waals surface area contributed by atoms with Gasteiger partial charge in [-0.25, -0.2) is 0 Å². The van der Waals surface area contributed by atoms with Crippen molar-refractivity contribution < 1.29 is 18.7 Å². The SMILES string of the molecule is CCOc1cc2c(cc1NC(=O)Cc1coc3cc(C)ccc13)OC(C)C2.